The molecule has 2 atom stereocenters. The molecule has 1 fully saturated rings. The van der Waals surface area contributed by atoms with Gasteiger partial charge in [0.15, 0.2) is 0 Å². The van der Waals surface area contributed by atoms with Crippen molar-refractivity contribution in [2.45, 2.75) is 39.3 Å². The summed E-state index contributed by atoms with van der Waals surface area (Å²) in [7, 11) is 0. The van der Waals surface area contributed by atoms with Crippen molar-refractivity contribution in [1.82, 2.24) is 5.32 Å². The van der Waals surface area contributed by atoms with Crippen molar-refractivity contribution < 1.29 is 9.53 Å². The fourth-order valence-electron chi connectivity index (χ4n) is 1.36. The van der Waals surface area contributed by atoms with Gasteiger partial charge in [-0.2, -0.15) is 0 Å². The van der Waals surface area contributed by atoms with Crippen LogP contribution in [0.15, 0.2) is 0 Å². The molecule has 0 bridgehead atoms. The molecule has 0 aromatic heterocycles. The van der Waals surface area contributed by atoms with Crippen LogP contribution in [-0.4, -0.2) is 24.7 Å². The number of epoxide rings is 1. The molecule has 0 saturated carbocycles. The van der Waals surface area contributed by atoms with Gasteiger partial charge in [0, 0.05) is 6.92 Å². The largest absolute Gasteiger partial charge is 0.371 e. The van der Waals surface area contributed by atoms with Gasteiger partial charge in [-0.3, -0.25) is 4.79 Å². The highest BCUT2D eigenvalue weighted by Crippen LogP contribution is 2.19. The lowest BCUT2D eigenvalue weighted by atomic mass is 10.0. The molecule has 0 spiro atoms. The van der Waals surface area contributed by atoms with Crippen LogP contribution in [0.3, 0.4) is 0 Å². The molecule has 1 N–H and O–H groups in total. The molecule has 1 heterocycles. The Morgan fingerprint density at radius 2 is 2.25 bits per heavy atom. The first-order valence-electron chi connectivity index (χ1n) is 4.48. The van der Waals surface area contributed by atoms with Crippen molar-refractivity contribution >= 4 is 5.91 Å². The molecule has 0 radical (unpaired) electrons. The van der Waals surface area contributed by atoms with Gasteiger partial charge in [-0.25, -0.2) is 0 Å². The summed E-state index contributed by atoms with van der Waals surface area (Å²) in [6, 6.07) is 0.225. The fraction of sp³-hybridized carbons (Fsp3) is 0.889. The third kappa shape index (κ3) is 3.22. The summed E-state index contributed by atoms with van der Waals surface area (Å²) in [5, 5.41) is 2.91. The third-order valence-electron chi connectivity index (χ3n) is 1.92. The van der Waals surface area contributed by atoms with Crippen LogP contribution in [0.25, 0.3) is 0 Å². The Hall–Kier alpha value is -0.570. The fourth-order valence-corrected chi connectivity index (χ4v) is 1.36. The van der Waals surface area contributed by atoms with Gasteiger partial charge in [0.05, 0.1) is 12.6 Å². The summed E-state index contributed by atoms with van der Waals surface area (Å²) >= 11 is 0. The molecule has 3 nitrogen and oxygen atoms in total. The average Bonchev–Trinajstić information content (AvgIpc) is 2.63. The van der Waals surface area contributed by atoms with E-state index in [-0.39, 0.29) is 18.1 Å². The number of hydrogen-bond donors (Lipinski definition) is 1. The zero-order valence-corrected chi connectivity index (χ0v) is 7.96. The van der Waals surface area contributed by atoms with Crippen LogP contribution in [0, 0.1) is 5.92 Å². The van der Waals surface area contributed by atoms with E-state index in [9.17, 15) is 4.79 Å². The van der Waals surface area contributed by atoms with Crippen LogP contribution >= 0.6 is 0 Å². The monoisotopic (exact) mass is 171 g/mol. The van der Waals surface area contributed by atoms with E-state index in [1.807, 2.05) is 0 Å². The van der Waals surface area contributed by atoms with E-state index >= 15 is 0 Å². The number of rotatable bonds is 4. The molecular weight excluding hydrogens is 154 g/mol. The van der Waals surface area contributed by atoms with Gasteiger partial charge in [-0.15, -0.1) is 0 Å². The van der Waals surface area contributed by atoms with Crippen molar-refractivity contribution in [1.29, 1.82) is 0 Å². The lowest BCUT2D eigenvalue weighted by molar-refractivity contribution is -0.119. The SMILES string of the molecule is CC(=O)N[C@@H](CC(C)C)[C@@H]1CO1. The van der Waals surface area contributed by atoms with E-state index in [0.29, 0.717) is 5.92 Å². The van der Waals surface area contributed by atoms with Crippen LogP contribution in [0.1, 0.15) is 27.2 Å². The van der Waals surface area contributed by atoms with E-state index in [4.69, 9.17) is 4.74 Å². The maximum Gasteiger partial charge on any atom is 0.217 e. The minimum Gasteiger partial charge on any atom is -0.371 e. The van der Waals surface area contributed by atoms with Gasteiger partial charge < -0.3 is 10.1 Å². The zero-order chi connectivity index (χ0) is 9.14. The summed E-state index contributed by atoms with van der Waals surface area (Å²) < 4.78 is 5.16. The number of nitrogens with one attached hydrogen (secondary N) is 1. The van der Waals surface area contributed by atoms with Crippen molar-refractivity contribution in [3.63, 3.8) is 0 Å². The van der Waals surface area contributed by atoms with Gasteiger partial charge in [0.25, 0.3) is 0 Å². The Bertz CT molecular complexity index is 164. The number of hydrogen-bond acceptors (Lipinski definition) is 2. The lowest BCUT2D eigenvalue weighted by Gasteiger charge is -2.17. The van der Waals surface area contributed by atoms with Crippen LogP contribution in [0.4, 0.5) is 0 Å². The first-order chi connectivity index (χ1) is 5.59. The second-order valence-corrected chi connectivity index (χ2v) is 3.81. The van der Waals surface area contributed by atoms with E-state index < -0.39 is 0 Å². The van der Waals surface area contributed by atoms with E-state index in [1.165, 1.54) is 0 Å². The summed E-state index contributed by atoms with van der Waals surface area (Å²) in [4.78, 5) is 10.8. The minimum absolute atomic E-state index is 0.0381. The second-order valence-electron chi connectivity index (χ2n) is 3.81. The van der Waals surface area contributed by atoms with Crippen LogP contribution in [0.5, 0.6) is 0 Å². The maximum atomic E-state index is 10.8. The predicted octanol–water partition coefficient (Wildman–Crippen LogP) is 0.936. The van der Waals surface area contributed by atoms with Crippen molar-refractivity contribution in [3.8, 4) is 0 Å². The molecule has 0 aliphatic carbocycles. The molecular formula is C9H17NO2. The molecule has 70 valence electrons. The minimum atomic E-state index is 0.0381. The lowest BCUT2D eigenvalue weighted by Crippen LogP contribution is -2.38. The van der Waals surface area contributed by atoms with Crippen molar-refractivity contribution in [2.24, 2.45) is 5.92 Å². The summed E-state index contributed by atoms with van der Waals surface area (Å²) in [5.74, 6) is 0.641. The molecule has 1 saturated heterocycles. The predicted molar refractivity (Wildman–Crippen MR) is 46.8 cm³/mol. The highest BCUT2D eigenvalue weighted by molar-refractivity contribution is 5.73. The van der Waals surface area contributed by atoms with Gasteiger partial charge in [-0.05, 0) is 12.3 Å². The molecule has 3 heteroatoms. The smallest absolute Gasteiger partial charge is 0.217 e. The standard InChI is InChI=1S/C9H17NO2/c1-6(2)4-8(9-5-12-9)10-7(3)11/h6,8-9H,4-5H2,1-3H3,(H,10,11)/t8-,9-/m0/s1. The van der Waals surface area contributed by atoms with E-state index in [2.05, 4.69) is 19.2 Å². The number of carbonyl (C=O) groups excluding carboxylic acids is 1. The van der Waals surface area contributed by atoms with Crippen LogP contribution in [-0.2, 0) is 9.53 Å². The van der Waals surface area contributed by atoms with Gasteiger partial charge in [0.1, 0.15) is 6.10 Å². The first-order valence-corrected chi connectivity index (χ1v) is 4.48. The summed E-state index contributed by atoms with van der Waals surface area (Å²) in [5.41, 5.74) is 0. The summed E-state index contributed by atoms with van der Waals surface area (Å²) in [6.07, 6.45) is 1.28. The highest BCUT2D eigenvalue weighted by Gasteiger charge is 2.33. The Labute approximate surface area is 73.5 Å². The van der Waals surface area contributed by atoms with Crippen molar-refractivity contribution in [3.05, 3.63) is 0 Å². The molecule has 1 rings (SSSR count). The number of amides is 1. The van der Waals surface area contributed by atoms with Gasteiger partial charge in [-0.1, -0.05) is 13.8 Å². The topological polar surface area (TPSA) is 41.6 Å². The molecule has 1 aliphatic heterocycles. The Kier molecular flexibility index (Phi) is 3.09. The van der Waals surface area contributed by atoms with E-state index in [1.54, 1.807) is 6.92 Å². The normalized spacial score (nSPS) is 23.8. The number of ether oxygens (including phenoxy) is 1. The zero-order valence-electron chi connectivity index (χ0n) is 7.96. The molecule has 1 aliphatic rings. The maximum absolute atomic E-state index is 10.8. The van der Waals surface area contributed by atoms with Gasteiger partial charge >= 0.3 is 0 Å². The van der Waals surface area contributed by atoms with E-state index in [0.717, 1.165) is 13.0 Å². The second kappa shape index (κ2) is 3.90. The molecule has 0 aromatic rings. The Balaban J connectivity index is 2.32. The van der Waals surface area contributed by atoms with Crippen molar-refractivity contribution in [2.75, 3.05) is 6.61 Å². The van der Waals surface area contributed by atoms with Gasteiger partial charge in [0.2, 0.25) is 5.91 Å². The Morgan fingerprint density at radius 1 is 1.67 bits per heavy atom. The highest BCUT2D eigenvalue weighted by atomic mass is 16.6. The number of carbonyl (C=O) groups is 1. The van der Waals surface area contributed by atoms with Crippen LogP contribution < -0.4 is 5.32 Å². The molecule has 1 amide bonds. The molecule has 12 heavy (non-hydrogen) atoms. The van der Waals surface area contributed by atoms with Crippen LogP contribution in [0.2, 0.25) is 0 Å². The summed E-state index contributed by atoms with van der Waals surface area (Å²) in [6.45, 7) is 6.65. The average molecular weight is 171 g/mol. The Morgan fingerprint density at radius 3 is 2.58 bits per heavy atom. The molecule has 0 aromatic carbocycles. The molecule has 0 unspecified atom stereocenters. The third-order valence-corrected chi connectivity index (χ3v) is 1.92. The quantitative estimate of drug-likeness (QED) is 0.639. The first kappa shape index (κ1) is 9.52.